The number of para-hydroxylation sites is 1. The van der Waals surface area contributed by atoms with Gasteiger partial charge in [0.2, 0.25) is 0 Å². The molecule has 1 aromatic rings. The van der Waals surface area contributed by atoms with Gasteiger partial charge in [-0.25, -0.2) is 0 Å². The van der Waals surface area contributed by atoms with Crippen LogP contribution in [0.25, 0.3) is 0 Å². The maximum absolute atomic E-state index is 11.1. The van der Waals surface area contributed by atoms with Crippen LogP contribution >= 0.6 is 0 Å². The third kappa shape index (κ3) is 3.01. The van der Waals surface area contributed by atoms with Crippen LogP contribution in [0.5, 0.6) is 0 Å². The quantitative estimate of drug-likeness (QED) is 0.606. The first-order valence-electron chi connectivity index (χ1n) is 6.10. The monoisotopic (exact) mass is 263 g/mol. The Morgan fingerprint density at radius 1 is 1.47 bits per heavy atom. The van der Waals surface area contributed by atoms with Gasteiger partial charge in [0.05, 0.1) is 17.1 Å². The van der Waals surface area contributed by atoms with Crippen LogP contribution in [0.2, 0.25) is 0 Å². The maximum Gasteiger partial charge on any atom is 0.309 e. The summed E-state index contributed by atoms with van der Waals surface area (Å²) in [5.41, 5.74) is -0.584. The minimum Gasteiger partial charge on any atom is -0.394 e. The molecule has 0 heterocycles. The molecule has 6 nitrogen and oxygen atoms in total. The molecule has 0 amide bonds. The Bertz CT molecular complexity index is 496. The highest BCUT2D eigenvalue weighted by atomic mass is 16.6. The fourth-order valence-electron chi connectivity index (χ4n) is 1.91. The molecule has 2 N–H and O–H groups in total. The van der Waals surface area contributed by atoms with Crippen molar-refractivity contribution < 1.29 is 10.0 Å². The van der Waals surface area contributed by atoms with Crippen molar-refractivity contribution in [2.75, 3.05) is 11.9 Å². The maximum atomic E-state index is 11.1. The molecule has 0 unspecified atom stereocenters. The van der Waals surface area contributed by atoms with E-state index in [4.69, 9.17) is 5.26 Å². The van der Waals surface area contributed by atoms with Crippen molar-refractivity contribution in [3.8, 4) is 6.07 Å². The molecule has 0 fully saturated rings. The van der Waals surface area contributed by atoms with Gasteiger partial charge in [0.25, 0.3) is 0 Å². The zero-order valence-corrected chi connectivity index (χ0v) is 11.0. The zero-order valence-electron chi connectivity index (χ0n) is 11.0. The third-order valence-electron chi connectivity index (χ3n) is 3.40. The molecule has 1 rings (SSSR count). The number of rotatable bonds is 6. The van der Waals surface area contributed by atoms with E-state index in [1.807, 2.05) is 19.9 Å². The standard InChI is InChI=1S/C13H17N3O3/c1-3-13(4-2,9-17)15-11-7-5-6-10(8-14)12(11)16(18)19/h5-7,15,17H,3-4,9H2,1-2H3. The molecule has 6 heteroatoms. The van der Waals surface area contributed by atoms with Gasteiger partial charge in [-0.05, 0) is 25.0 Å². The van der Waals surface area contributed by atoms with Crippen LogP contribution in [-0.2, 0) is 0 Å². The van der Waals surface area contributed by atoms with Gasteiger partial charge in [0, 0.05) is 0 Å². The number of hydrogen-bond donors (Lipinski definition) is 2. The molecular weight excluding hydrogens is 246 g/mol. The van der Waals surface area contributed by atoms with Gasteiger partial charge in [-0.15, -0.1) is 0 Å². The highest BCUT2D eigenvalue weighted by Gasteiger charge is 2.29. The summed E-state index contributed by atoms with van der Waals surface area (Å²) in [5, 5.41) is 32.6. The summed E-state index contributed by atoms with van der Waals surface area (Å²) < 4.78 is 0. The molecule has 0 bridgehead atoms. The van der Waals surface area contributed by atoms with Crippen molar-refractivity contribution >= 4 is 11.4 Å². The van der Waals surface area contributed by atoms with Crippen molar-refractivity contribution in [1.29, 1.82) is 5.26 Å². The molecule has 0 aliphatic heterocycles. The average Bonchev–Trinajstić information content (AvgIpc) is 2.44. The second-order valence-corrected chi connectivity index (χ2v) is 4.34. The second kappa shape index (κ2) is 6.16. The van der Waals surface area contributed by atoms with Crippen molar-refractivity contribution in [3.05, 3.63) is 33.9 Å². The predicted octanol–water partition coefficient (Wildman–Crippen LogP) is 2.43. The minimum atomic E-state index is -0.612. The number of aliphatic hydroxyl groups excluding tert-OH is 1. The van der Waals surface area contributed by atoms with E-state index in [0.29, 0.717) is 12.8 Å². The number of nitro groups is 1. The Labute approximate surface area is 111 Å². The lowest BCUT2D eigenvalue weighted by molar-refractivity contribution is -0.384. The minimum absolute atomic E-state index is 0.00838. The van der Waals surface area contributed by atoms with Gasteiger partial charge in [0.15, 0.2) is 0 Å². The number of aliphatic hydroxyl groups is 1. The highest BCUT2D eigenvalue weighted by Crippen LogP contribution is 2.32. The third-order valence-corrected chi connectivity index (χ3v) is 3.40. The Balaban J connectivity index is 3.28. The van der Waals surface area contributed by atoms with Crippen molar-refractivity contribution in [3.63, 3.8) is 0 Å². The smallest absolute Gasteiger partial charge is 0.309 e. The van der Waals surface area contributed by atoms with Crippen LogP contribution in [0.4, 0.5) is 11.4 Å². The highest BCUT2D eigenvalue weighted by molar-refractivity contribution is 5.69. The molecule has 0 radical (unpaired) electrons. The van der Waals surface area contributed by atoms with Crippen LogP contribution in [0.1, 0.15) is 32.3 Å². The lowest BCUT2D eigenvalue weighted by Crippen LogP contribution is -2.41. The topological polar surface area (TPSA) is 99.2 Å². The van der Waals surface area contributed by atoms with E-state index in [-0.39, 0.29) is 23.5 Å². The normalized spacial score (nSPS) is 10.8. The number of nitrogens with one attached hydrogen (secondary N) is 1. The average molecular weight is 263 g/mol. The van der Waals surface area contributed by atoms with Crippen LogP contribution in [0.3, 0.4) is 0 Å². The summed E-state index contributed by atoms with van der Waals surface area (Å²) in [6.45, 7) is 3.66. The molecule has 19 heavy (non-hydrogen) atoms. The lowest BCUT2D eigenvalue weighted by Gasteiger charge is -2.31. The number of nitro benzene ring substituents is 1. The molecule has 102 valence electrons. The van der Waals surface area contributed by atoms with Crippen molar-refractivity contribution in [2.45, 2.75) is 32.2 Å². The second-order valence-electron chi connectivity index (χ2n) is 4.34. The van der Waals surface area contributed by atoms with Crippen molar-refractivity contribution in [2.24, 2.45) is 0 Å². The van der Waals surface area contributed by atoms with Gasteiger partial charge in [-0.2, -0.15) is 5.26 Å². The number of anilines is 1. The van der Waals surface area contributed by atoms with Crippen LogP contribution < -0.4 is 5.32 Å². The van der Waals surface area contributed by atoms with Crippen molar-refractivity contribution in [1.82, 2.24) is 0 Å². The van der Waals surface area contributed by atoms with E-state index in [0.717, 1.165) is 0 Å². The van der Waals surface area contributed by atoms with E-state index >= 15 is 0 Å². The van der Waals surface area contributed by atoms with E-state index in [2.05, 4.69) is 5.32 Å². The summed E-state index contributed by atoms with van der Waals surface area (Å²) in [6.07, 6.45) is 1.24. The van der Waals surface area contributed by atoms with Gasteiger partial charge < -0.3 is 10.4 Å². The largest absolute Gasteiger partial charge is 0.394 e. The molecule has 0 atom stereocenters. The lowest BCUT2D eigenvalue weighted by atomic mass is 9.93. The molecular formula is C13H17N3O3. The van der Waals surface area contributed by atoms with Crippen LogP contribution in [0.15, 0.2) is 18.2 Å². The first kappa shape index (κ1) is 14.9. The molecule has 0 aromatic heterocycles. The SMILES string of the molecule is CCC(CC)(CO)Nc1cccc(C#N)c1[N+](=O)[O-]. The first-order valence-corrected chi connectivity index (χ1v) is 6.10. The zero-order chi connectivity index (χ0) is 14.5. The Morgan fingerprint density at radius 2 is 2.11 bits per heavy atom. The summed E-state index contributed by atoms with van der Waals surface area (Å²) in [5.74, 6) is 0. The molecule has 1 aromatic carbocycles. The number of nitrogens with zero attached hydrogens (tertiary/aromatic N) is 2. The molecule has 0 saturated heterocycles. The van der Waals surface area contributed by atoms with E-state index in [1.54, 1.807) is 12.1 Å². The molecule has 0 spiro atoms. The van der Waals surface area contributed by atoms with Crippen LogP contribution in [-0.4, -0.2) is 22.2 Å². The Morgan fingerprint density at radius 3 is 2.53 bits per heavy atom. The fraction of sp³-hybridized carbons (Fsp3) is 0.462. The Kier molecular flexibility index (Phi) is 4.84. The molecule has 0 aliphatic carbocycles. The molecule has 0 saturated carbocycles. The molecule has 0 aliphatic rings. The van der Waals surface area contributed by atoms with Gasteiger partial charge in [0.1, 0.15) is 17.3 Å². The summed E-state index contributed by atoms with van der Waals surface area (Å²) in [4.78, 5) is 10.5. The van der Waals surface area contributed by atoms with Gasteiger partial charge in [-0.1, -0.05) is 19.9 Å². The number of benzene rings is 1. The van der Waals surface area contributed by atoms with E-state index in [1.165, 1.54) is 6.07 Å². The Hall–Kier alpha value is -2.13. The van der Waals surface area contributed by atoms with Crippen LogP contribution in [0, 0.1) is 21.4 Å². The van der Waals surface area contributed by atoms with Gasteiger partial charge >= 0.3 is 5.69 Å². The summed E-state index contributed by atoms with van der Waals surface area (Å²) in [6, 6.07) is 6.35. The summed E-state index contributed by atoms with van der Waals surface area (Å²) >= 11 is 0. The predicted molar refractivity (Wildman–Crippen MR) is 71.8 cm³/mol. The number of nitriles is 1. The van der Waals surface area contributed by atoms with E-state index < -0.39 is 10.5 Å². The fourth-order valence-corrected chi connectivity index (χ4v) is 1.91. The first-order chi connectivity index (χ1) is 9.03. The van der Waals surface area contributed by atoms with Gasteiger partial charge in [-0.3, -0.25) is 10.1 Å². The van der Waals surface area contributed by atoms with E-state index in [9.17, 15) is 15.2 Å². The summed E-state index contributed by atoms with van der Waals surface area (Å²) in [7, 11) is 0. The number of hydrogen-bond acceptors (Lipinski definition) is 5.